The molecule has 3 atom stereocenters. The highest BCUT2D eigenvalue weighted by molar-refractivity contribution is 5.75. The number of carbonyl (C=O) groups excluding carboxylic acids is 1. The van der Waals surface area contributed by atoms with Crippen molar-refractivity contribution in [1.82, 2.24) is 4.90 Å². The molecule has 0 spiro atoms. The second-order valence-corrected chi connectivity index (χ2v) is 4.30. The lowest BCUT2D eigenvalue weighted by molar-refractivity contribution is -0.148. The van der Waals surface area contributed by atoms with Crippen molar-refractivity contribution < 1.29 is 9.53 Å². The van der Waals surface area contributed by atoms with E-state index in [4.69, 9.17) is 4.74 Å². The predicted molar refractivity (Wildman–Crippen MR) is 56.0 cm³/mol. The maximum Gasteiger partial charge on any atom is 0.322 e. The third-order valence-electron chi connectivity index (χ3n) is 3.46. The maximum atomic E-state index is 11.4. The van der Waals surface area contributed by atoms with E-state index < -0.39 is 0 Å². The number of esters is 1. The second-order valence-electron chi connectivity index (χ2n) is 4.30. The quantitative estimate of drug-likeness (QED) is 0.634. The number of hydrogen-bond donors (Lipinski definition) is 0. The number of piperidine rings is 1. The standard InChI is InChI=1S/C11H21NO2/c1-8-6-5-7-12(9(8)2)10(3)11(13)14-4/h8-10H,5-7H2,1-4H3. The van der Waals surface area contributed by atoms with Gasteiger partial charge in [-0.25, -0.2) is 0 Å². The number of ether oxygens (including phenoxy) is 1. The van der Waals surface area contributed by atoms with Crippen molar-refractivity contribution in [3.05, 3.63) is 0 Å². The highest BCUT2D eigenvalue weighted by Crippen LogP contribution is 2.24. The third-order valence-corrected chi connectivity index (χ3v) is 3.46. The van der Waals surface area contributed by atoms with Crippen LogP contribution in [0.4, 0.5) is 0 Å². The first-order valence-electron chi connectivity index (χ1n) is 5.41. The molecule has 1 rings (SSSR count). The van der Waals surface area contributed by atoms with Crippen LogP contribution in [0.25, 0.3) is 0 Å². The van der Waals surface area contributed by atoms with Gasteiger partial charge in [-0.05, 0) is 39.2 Å². The van der Waals surface area contributed by atoms with Crippen LogP contribution in [0.3, 0.4) is 0 Å². The summed E-state index contributed by atoms with van der Waals surface area (Å²) in [6, 6.07) is 0.385. The molecule has 3 nitrogen and oxygen atoms in total. The molecule has 0 aliphatic carbocycles. The summed E-state index contributed by atoms with van der Waals surface area (Å²) in [7, 11) is 1.46. The molecule has 1 aliphatic rings. The topological polar surface area (TPSA) is 29.5 Å². The zero-order valence-electron chi connectivity index (χ0n) is 9.62. The van der Waals surface area contributed by atoms with Gasteiger partial charge in [-0.15, -0.1) is 0 Å². The molecule has 0 bridgehead atoms. The van der Waals surface area contributed by atoms with Crippen LogP contribution in [-0.4, -0.2) is 36.6 Å². The molecule has 1 heterocycles. The van der Waals surface area contributed by atoms with Crippen LogP contribution in [0.15, 0.2) is 0 Å². The molecule has 1 saturated heterocycles. The van der Waals surface area contributed by atoms with Crippen molar-refractivity contribution in [2.24, 2.45) is 5.92 Å². The van der Waals surface area contributed by atoms with Crippen molar-refractivity contribution in [3.63, 3.8) is 0 Å². The van der Waals surface area contributed by atoms with E-state index in [-0.39, 0.29) is 12.0 Å². The molecule has 3 heteroatoms. The fourth-order valence-electron chi connectivity index (χ4n) is 2.22. The molecule has 0 radical (unpaired) electrons. The van der Waals surface area contributed by atoms with Crippen molar-refractivity contribution in [2.45, 2.75) is 45.7 Å². The predicted octanol–water partition coefficient (Wildman–Crippen LogP) is 1.67. The molecule has 0 aromatic carbocycles. The number of rotatable bonds is 2. The number of likely N-dealkylation sites (tertiary alicyclic amines) is 1. The highest BCUT2D eigenvalue weighted by Gasteiger charge is 2.31. The van der Waals surface area contributed by atoms with Crippen LogP contribution in [0, 0.1) is 5.92 Å². The van der Waals surface area contributed by atoms with Crippen LogP contribution in [0.5, 0.6) is 0 Å². The van der Waals surface area contributed by atoms with E-state index in [0.29, 0.717) is 12.0 Å². The molecular weight excluding hydrogens is 178 g/mol. The first kappa shape index (κ1) is 11.5. The van der Waals surface area contributed by atoms with E-state index in [1.54, 1.807) is 0 Å². The minimum absolute atomic E-state index is 0.0993. The molecule has 14 heavy (non-hydrogen) atoms. The summed E-state index contributed by atoms with van der Waals surface area (Å²) in [5.74, 6) is 0.557. The molecule has 1 fully saturated rings. The summed E-state index contributed by atoms with van der Waals surface area (Å²) < 4.78 is 4.77. The van der Waals surface area contributed by atoms with E-state index in [1.165, 1.54) is 20.0 Å². The summed E-state index contributed by atoms with van der Waals surface area (Å²) in [6.45, 7) is 7.40. The summed E-state index contributed by atoms with van der Waals surface area (Å²) in [5, 5.41) is 0. The van der Waals surface area contributed by atoms with Gasteiger partial charge < -0.3 is 4.74 Å². The van der Waals surface area contributed by atoms with E-state index in [0.717, 1.165) is 6.54 Å². The molecule has 0 aromatic rings. The molecule has 0 N–H and O–H groups in total. The second kappa shape index (κ2) is 4.78. The van der Waals surface area contributed by atoms with Crippen LogP contribution < -0.4 is 0 Å². The Morgan fingerprint density at radius 1 is 1.50 bits per heavy atom. The van der Waals surface area contributed by atoms with Gasteiger partial charge in [0.1, 0.15) is 6.04 Å². The Bertz CT molecular complexity index is 205. The van der Waals surface area contributed by atoms with Crippen molar-refractivity contribution in [3.8, 4) is 0 Å². The van der Waals surface area contributed by atoms with Crippen molar-refractivity contribution in [1.29, 1.82) is 0 Å². The summed E-state index contributed by atoms with van der Waals surface area (Å²) >= 11 is 0. The largest absolute Gasteiger partial charge is 0.468 e. The fourth-order valence-corrected chi connectivity index (χ4v) is 2.22. The van der Waals surface area contributed by atoms with Crippen molar-refractivity contribution in [2.75, 3.05) is 13.7 Å². The maximum absolute atomic E-state index is 11.4. The Morgan fingerprint density at radius 2 is 2.14 bits per heavy atom. The molecule has 82 valence electrons. The minimum atomic E-state index is -0.119. The third kappa shape index (κ3) is 2.27. The van der Waals surface area contributed by atoms with Gasteiger partial charge in [0, 0.05) is 6.04 Å². The van der Waals surface area contributed by atoms with Gasteiger partial charge in [-0.1, -0.05) is 6.92 Å². The number of methoxy groups -OCH3 is 1. The van der Waals surface area contributed by atoms with E-state index in [2.05, 4.69) is 18.7 Å². The van der Waals surface area contributed by atoms with Gasteiger partial charge in [-0.3, -0.25) is 9.69 Å². The Balaban J connectivity index is 2.61. The number of hydrogen-bond acceptors (Lipinski definition) is 3. The van der Waals surface area contributed by atoms with Gasteiger partial charge >= 0.3 is 5.97 Å². The van der Waals surface area contributed by atoms with E-state index >= 15 is 0 Å². The first-order chi connectivity index (χ1) is 6.57. The lowest BCUT2D eigenvalue weighted by atomic mass is 9.91. The van der Waals surface area contributed by atoms with Crippen LogP contribution >= 0.6 is 0 Å². The number of carbonyl (C=O) groups is 1. The van der Waals surface area contributed by atoms with E-state index in [1.807, 2.05) is 6.92 Å². The lowest BCUT2D eigenvalue weighted by Crippen LogP contribution is -2.50. The number of nitrogens with zero attached hydrogens (tertiary/aromatic N) is 1. The van der Waals surface area contributed by atoms with Gasteiger partial charge in [0.2, 0.25) is 0 Å². The lowest BCUT2D eigenvalue weighted by Gasteiger charge is -2.40. The Morgan fingerprint density at radius 3 is 2.71 bits per heavy atom. The first-order valence-corrected chi connectivity index (χ1v) is 5.41. The Kier molecular flexibility index (Phi) is 3.93. The molecule has 0 saturated carbocycles. The van der Waals surface area contributed by atoms with Gasteiger partial charge in [0.15, 0.2) is 0 Å². The van der Waals surface area contributed by atoms with Crippen molar-refractivity contribution >= 4 is 5.97 Å². The Labute approximate surface area is 86.4 Å². The van der Waals surface area contributed by atoms with Gasteiger partial charge in [0.25, 0.3) is 0 Å². The zero-order valence-corrected chi connectivity index (χ0v) is 9.62. The average Bonchev–Trinajstić information content (AvgIpc) is 2.20. The molecule has 0 aromatic heterocycles. The van der Waals surface area contributed by atoms with Crippen LogP contribution in [-0.2, 0) is 9.53 Å². The zero-order chi connectivity index (χ0) is 10.7. The van der Waals surface area contributed by atoms with Gasteiger partial charge in [0.05, 0.1) is 7.11 Å². The monoisotopic (exact) mass is 199 g/mol. The summed E-state index contributed by atoms with van der Waals surface area (Å²) in [5.41, 5.74) is 0. The Hall–Kier alpha value is -0.570. The normalized spacial score (nSPS) is 31.1. The smallest absolute Gasteiger partial charge is 0.322 e. The molecule has 0 amide bonds. The van der Waals surface area contributed by atoms with Gasteiger partial charge in [-0.2, -0.15) is 0 Å². The fraction of sp³-hybridized carbons (Fsp3) is 0.909. The minimum Gasteiger partial charge on any atom is -0.468 e. The average molecular weight is 199 g/mol. The van der Waals surface area contributed by atoms with Crippen LogP contribution in [0.1, 0.15) is 33.6 Å². The SMILES string of the molecule is COC(=O)C(C)N1CCCC(C)C1C. The molecular formula is C11H21NO2. The molecule has 1 aliphatic heterocycles. The van der Waals surface area contributed by atoms with Crippen LogP contribution in [0.2, 0.25) is 0 Å². The molecule has 3 unspecified atom stereocenters. The van der Waals surface area contributed by atoms with E-state index in [9.17, 15) is 4.79 Å². The summed E-state index contributed by atoms with van der Waals surface area (Å²) in [6.07, 6.45) is 2.46. The summed E-state index contributed by atoms with van der Waals surface area (Å²) in [4.78, 5) is 13.6. The highest BCUT2D eigenvalue weighted by atomic mass is 16.5.